The van der Waals surface area contributed by atoms with E-state index in [1.807, 2.05) is 55.1 Å². The number of benzene rings is 2. The third kappa shape index (κ3) is 4.13. The minimum absolute atomic E-state index is 0.0599. The van der Waals surface area contributed by atoms with Crippen LogP contribution in [0.15, 0.2) is 48.5 Å². The monoisotopic (exact) mass is 365 g/mol. The molecule has 1 aliphatic heterocycles. The number of carbonyl (C=O) groups excluding carboxylic acids is 2. The van der Waals surface area contributed by atoms with Gasteiger partial charge in [0.25, 0.3) is 11.8 Å². The van der Waals surface area contributed by atoms with Gasteiger partial charge in [-0.2, -0.15) is 0 Å². The Hall–Kier alpha value is -2.82. The highest BCUT2D eigenvalue weighted by Gasteiger charge is 2.36. The summed E-state index contributed by atoms with van der Waals surface area (Å²) in [5, 5.41) is 6.35. The van der Waals surface area contributed by atoms with Crippen molar-refractivity contribution in [2.45, 2.75) is 39.9 Å². The summed E-state index contributed by atoms with van der Waals surface area (Å²) in [4.78, 5) is 26.8. The third-order valence-electron chi connectivity index (χ3n) is 4.49. The van der Waals surface area contributed by atoms with E-state index in [2.05, 4.69) is 24.5 Å². The molecule has 0 unspecified atom stereocenters. The Balaban J connectivity index is 1.82. The molecule has 0 saturated heterocycles. The van der Waals surface area contributed by atoms with Crippen LogP contribution in [0.25, 0.3) is 0 Å². The largest absolute Gasteiger partial charge is 0.361 e. The highest BCUT2D eigenvalue weighted by molar-refractivity contribution is 5.99. The van der Waals surface area contributed by atoms with Crippen LogP contribution >= 0.6 is 0 Å². The van der Waals surface area contributed by atoms with Crippen LogP contribution in [-0.2, 0) is 0 Å². The Kier molecular flexibility index (Phi) is 5.49. The summed E-state index contributed by atoms with van der Waals surface area (Å²) in [5.74, 6) is 0.346. The first-order valence-corrected chi connectivity index (χ1v) is 9.44. The normalized spacial score (nSPS) is 16.0. The van der Waals surface area contributed by atoms with Crippen molar-refractivity contribution in [2.75, 3.05) is 11.9 Å². The lowest BCUT2D eigenvalue weighted by Crippen LogP contribution is -2.35. The molecule has 5 heteroatoms. The predicted octanol–water partition coefficient (Wildman–Crippen LogP) is 4.05. The van der Waals surface area contributed by atoms with Crippen molar-refractivity contribution in [3.63, 3.8) is 0 Å². The third-order valence-corrected chi connectivity index (χ3v) is 4.49. The van der Waals surface area contributed by atoms with Crippen molar-refractivity contribution in [1.82, 2.24) is 10.2 Å². The second kappa shape index (κ2) is 7.82. The second-order valence-electron chi connectivity index (χ2n) is 7.69. The van der Waals surface area contributed by atoms with Gasteiger partial charge in [0.1, 0.15) is 6.17 Å². The molecule has 0 radical (unpaired) electrons. The Bertz CT molecular complexity index is 828. The first-order chi connectivity index (χ1) is 12.9. The molecule has 2 aromatic carbocycles. The van der Waals surface area contributed by atoms with Gasteiger partial charge in [-0.25, -0.2) is 0 Å². The summed E-state index contributed by atoms with van der Waals surface area (Å²) in [6.45, 7) is 8.77. The van der Waals surface area contributed by atoms with E-state index >= 15 is 0 Å². The highest BCUT2D eigenvalue weighted by atomic mass is 16.2. The number of nitrogens with zero attached hydrogens (tertiary/aromatic N) is 1. The van der Waals surface area contributed by atoms with E-state index < -0.39 is 0 Å². The number of hydrogen-bond acceptors (Lipinski definition) is 3. The zero-order chi connectivity index (χ0) is 19.6. The van der Waals surface area contributed by atoms with Crippen LogP contribution in [0.4, 0.5) is 5.69 Å². The van der Waals surface area contributed by atoms with Crippen molar-refractivity contribution >= 4 is 17.5 Å². The fraction of sp³-hybridized carbons (Fsp3) is 0.364. The van der Waals surface area contributed by atoms with Crippen LogP contribution in [0.5, 0.6) is 0 Å². The Morgan fingerprint density at radius 1 is 1.04 bits per heavy atom. The van der Waals surface area contributed by atoms with Gasteiger partial charge in [-0.3, -0.25) is 9.59 Å². The number of hydrogen-bond donors (Lipinski definition) is 2. The van der Waals surface area contributed by atoms with Crippen molar-refractivity contribution in [1.29, 1.82) is 0 Å². The topological polar surface area (TPSA) is 61.4 Å². The summed E-state index contributed by atoms with van der Waals surface area (Å²) < 4.78 is 0. The first kappa shape index (κ1) is 19.0. The maximum atomic E-state index is 12.8. The molecule has 0 saturated carbocycles. The van der Waals surface area contributed by atoms with Crippen molar-refractivity contribution in [2.24, 2.45) is 5.92 Å². The number of nitrogens with one attached hydrogen (secondary N) is 2. The Labute approximate surface area is 160 Å². The summed E-state index contributed by atoms with van der Waals surface area (Å²) in [5.41, 5.74) is 3.24. The van der Waals surface area contributed by atoms with Crippen molar-refractivity contribution in [3.05, 3.63) is 65.2 Å². The highest BCUT2D eigenvalue weighted by Crippen LogP contribution is 2.34. The molecule has 5 nitrogen and oxygen atoms in total. The van der Waals surface area contributed by atoms with Crippen LogP contribution in [0.2, 0.25) is 0 Å². The van der Waals surface area contributed by atoms with Gasteiger partial charge in [0, 0.05) is 35.0 Å². The van der Waals surface area contributed by atoms with Crippen LogP contribution in [0, 0.1) is 5.92 Å². The minimum atomic E-state index is -0.202. The van der Waals surface area contributed by atoms with Gasteiger partial charge in [-0.15, -0.1) is 0 Å². The van der Waals surface area contributed by atoms with Crippen molar-refractivity contribution in [3.8, 4) is 0 Å². The van der Waals surface area contributed by atoms with E-state index in [-0.39, 0.29) is 24.0 Å². The van der Waals surface area contributed by atoms with E-state index in [0.717, 1.165) is 16.8 Å². The molecule has 1 atom stereocenters. The molecule has 0 spiro atoms. The SMILES string of the molecule is CC(C)CN1C(=O)c2ccccc2[C@H]1Nc1ccc(C(=O)NC(C)C)cc1. The summed E-state index contributed by atoms with van der Waals surface area (Å²) in [7, 11) is 0. The minimum Gasteiger partial charge on any atom is -0.361 e. The van der Waals surface area contributed by atoms with E-state index in [0.29, 0.717) is 18.0 Å². The molecule has 0 aromatic heterocycles. The van der Waals surface area contributed by atoms with Gasteiger partial charge in [0.05, 0.1) is 0 Å². The number of amides is 2. The summed E-state index contributed by atoms with van der Waals surface area (Å²) in [6.07, 6.45) is -0.202. The lowest BCUT2D eigenvalue weighted by atomic mass is 10.1. The van der Waals surface area contributed by atoms with Crippen molar-refractivity contribution < 1.29 is 9.59 Å². The summed E-state index contributed by atoms with van der Waals surface area (Å²) >= 11 is 0. The van der Waals surface area contributed by atoms with Gasteiger partial charge in [0.2, 0.25) is 0 Å². The Morgan fingerprint density at radius 2 is 1.70 bits per heavy atom. The molecule has 1 heterocycles. The number of fused-ring (bicyclic) bond motifs is 1. The zero-order valence-electron chi connectivity index (χ0n) is 16.3. The summed E-state index contributed by atoms with van der Waals surface area (Å²) in [6, 6.07) is 15.2. The lowest BCUT2D eigenvalue weighted by Gasteiger charge is -2.28. The smallest absolute Gasteiger partial charge is 0.256 e. The average Bonchev–Trinajstić information content (AvgIpc) is 2.87. The molecule has 0 aliphatic carbocycles. The maximum absolute atomic E-state index is 12.8. The van der Waals surface area contributed by atoms with E-state index in [9.17, 15) is 9.59 Å². The predicted molar refractivity (Wildman–Crippen MR) is 108 cm³/mol. The van der Waals surface area contributed by atoms with E-state index in [1.165, 1.54) is 0 Å². The molecule has 1 aliphatic rings. The molecule has 27 heavy (non-hydrogen) atoms. The first-order valence-electron chi connectivity index (χ1n) is 9.44. The van der Waals surface area contributed by atoms with Gasteiger partial charge >= 0.3 is 0 Å². The Morgan fingerprint density at radius 3 is 2.33 bits per heavy atom. The standard InChI is InChI=1S/C22H27N3O2/c1-14(2)13-25-20(18-7-5-6-8-19(18)22(25)27)24-17-11-9-16(10-12-17)21(26)23-15(3)4/h5-12,14-15,20,24H,13H2,1-4H3,(H,23,26)/t20-/m0/s1. The van der Waals surface area contributed by atoms with Gasteiger partial charge < -0.3 is 15.5 Å². The molecule has 0 fully saturated rings. The average molecular weight is 365 g/mol. The zero-order valence-corrected chi connectivity index (χ0v) is 16.3. The molecule has 142 valence electrons. The van der Waals surface area contributed by atoms with E-state index in [4.69, 9.17) is 0 Å². The molecule has 2 amide bonds. The lowest BCUT2D eigenvalue weighted by molar-refractivity contribution is 0.0720. The van der Waals surface area contributed by atoms with Crippen LogP contribution in [-0.4, -0.2) is 29.3 Å². The number of rotatable bonds is 6. The molecule has 2 aromatic rings. The fourth-order valence-corrected chi connectivity index (χ4v) is 3.33. The molecule has 0 bridgehead atoms. The molecular formula is C22H27N3O2. The fourth-order valence-electron chi connectivity index (χ4n) is 3.33. The van der Waals surface area contributed by atoms with E-state index in [1.54, 1.807) is 12.1 Å². The molecule has 2 N–H and O–H groups in total. The van der Waals surface area contributed by atoms with Crippen LogP contribution in [0.1, 0.15) is 60.1 Å². The number of anilines is 1. The number of carbonyl (C=O) groups is 2. The van der Waals surface area contributed by atoms with Crippen LogP contribution in [0.3, 0.4) is 0 Å². The quantitative estimate of drug-likeness (QED) is 0.812. The van der Waals surface area contributed by atoms with Crippen LogP contribution < -0.4 is 10.6 Å². The second-order valence-corrected chi connectivity index (χ2v) is 7.69. The molecule has 3 rings (SSSR count). The van der Waals surface area contributed by atoms with Gasteiger partial charge in [-0.1, -0.05) is 32.0 Å². The molecular weight excluding hydrogens is 338 g/mol. The maximum Gasteiger partial charge on any atom is 0.256 e. The van der Waals surface area contributed by atoms with Gasteiger partial charge in [0.15, 0.2) is 0 Å². The van der Waals surface area contributed by atoms with Gasteiger partial charge in [-0.05, 0) is 50.1 Å².